The summed E-state index contributed by atoms with van der Waals surface area (Å²) >= 11 is 0. The maximum atomic E-state index is 9.60. The summed E-state index contributed by atoms with van der Waals surface area (Å²) in [6, 6.07) is 8.05. The van der Waals surface area contributed by atoms with Gasteiger partial charge in [-0.15, -0.1) is 0 Å². The van der Waals surface area contributed by atoms with Gasteiger partial charge in [0.2, 0.25) is 0 Å². The van der Waals surface area contributed by atoms with Crippen LogP contribution in [0.1, 0.15) is 13.8 Å². The number of anilines is 1. The maximum Gasteiger partial charge on any atom is 0.142 e. The molecule has 1 aliphatic heterocycles. The van der Waals surface area contributed by atoms with Crippen LogP contribution in [0.15, 0.2) is 24.3 Å². The summed E-state index contributed by atoms with van der Waals surface area (Å²) in [5, 5.41) is 13.0. The Bertz CT molecular complexity index is 407. The number of rotatable bonds is 3. The van der Waals surface area contributed by atoms with E-state index in [4.69, 9.17) is 4.74 Å². The third-order valence-corrected chi connectivity index (χ3v) is 3.51. The lowest BCUT2D eigenvalue weighted by Gasteiger charge is -2.49. The summed E-state index contributed by atoms with van der Waals surface area (Å²) in [6.45, 7) is 6.16. The molecule has 0 saturated carbocycles. The molecule has 1 fully saturated rings. The molecule has 0 radical (unpaired) electrons. The highest BCUT2D eigenvalue weighted by Gasteiger charge is 2.37. The highest BCUT2D eigenvalue weighted by atomic mass is 16.5. The number of hydrogen-bond acceptors (Lipinski definition) is 4. The minimum absolute atomic E-state index is 0.0553. The quantitative estimate of drug-likeness (QED) is 0.847. The molecule has 1 heterocycles. The van der Waals surface area contributed by atoms with E-state index in [0.717, 1.165) is 24.5 Å². The van der Waals surface area contributed by atoms with Crippen molar-refractivity contribution in [2.75, 3.05) is 31.7 Å². The number of benzene rings is 1. The molecular formula is C14H22N2O2. The van der Waals surface area contributed by atoms with Crippen LogP contribution in [0.4, 0.5) is 5.69 Å². The number of methoxy groups -OCH3 is 1. The Balaban J connectivity index is 2.43. The van der Waals surface area contributed by atoms with Gasteiger partial charge < -0.3 is 20.1 Å². The lowest BCUT2D eigenvalue weighted by molar-refractivity contribution is 0.211. The van der Waals surface area contributed by atoms with E-state index in [2.05, 4.69) is 30.1 Å². The van der Waals surface area contributed by atoms with Gasteiger partial charge in [0.15, 0.2) is 0 Å². The molecular weight excluding hydrogens is 228 g/mol. The van der Waals surface area contributed by atoms with Crippen molar-refractivity contribution in [2.45, 2.75) is 25.4 Å². The molecule has 2 N–H and O–H groups in total. The molecule has 1 atom stereocenters. The molecule has 1 saturated heterocycles. The van der Waals surface area contributed by atoms with E-state index in [1.807, 2.05) is 18.2 Å². The lowest BCUT2D eigenvalue weighted by Crippen LogP contribution is -2.64. The number of nitrogens with one attached hydrogen (secondary N) is 1. The summed E-state index contributed by atoms with van der Waals surface area (Å²) < 4.78 is 5.44. The number of para-hydroxylation sites is 2. The first-order valence-electron chi connectivity index (χ1n) is 6.34. The van der Waals surface area contributed by atoms with Gasteiger partial charge in [-0.1, -0.05) is 12.1 Å². The Morgan fingerprint density at radius 1 is 1.44 bits per heavy atom. The first kappa shape index (κ1) is 13.2. The normalized spacial score (nSPS) is 22.9. The number of hydrogen-bond donors (Lipinski definition) is 2. The second kappa shape index (κ2) is 5.16. The zero-order chi connectivity index (χ0) is 13.2. The molecule has 1 unspecified atom stereocenters. The van der Waals surface area contributed by atoms with E-state index in [9.17, 15) is 5.11 Å². The topological polar surface area (TPSA) is 44.7 Å². The standard InChI is InChI=1S/C14H22N2O2/c1-14(2)10-15-8-11(9-17)16(14)12-6-4-5-7-13(12)18-3/h4-7,11,15,17H,8-10H2,1-3H3. The third kappa shape index (κ3) is 2.31. The van der Waals surface area contributed by atoms with E-state index >= 15 is 0 Å². The third-order valence-electron chi connectivity index (χ3n) is 3.51. The number of nitrogens with zero attached hydrogens (tertiary/aromatic N) is 1. The average Bonchev–Trinajstić information content (AvgIpc) is 2.37. The summed E-state index contributed by atoms with van der Waals surface area (Å²) in [7, 11) is 1.68. The van der Waals surface area contributed by atoms with Gasteiger partial charge in [0.1, 0.15) is 5.75 Å². The minimum atomic E-state index is -0.0553. The fourth-order valence-corrected chi connectivity index (χ4v) is 2.71. The molecule has 100 valence electrons. The second-order valence-corrected chi connectivity index (χ2v) is 5.32. The van der Waals surface area contributed by atoms with Crippen molar-refractivity contribution in [3.8, 4) is 5.75 Å². The summed E-state index contributed by atoms with van der Waals surface area (Å²) in [6.07, 6.45) is 0. The van der Waals surface area contributed by atoms with E-state index in [-0.39, 0.29) is 18.2 Å². The van der Waals surface area contributed by atoms with Crippen molar-refractivity contribution in [1.82, 2.24) is 5.32 Å². The van der Waals surface area contributed by atoms with Crippen LogP contribution in [-0.4, -0.2) is 43.5 Å². The second-order valence-electron chi connectivity index (χ2n) is 5.32. The minimum Gasteiger partial charge on any atom is -0.495 e. The zero-order valence-electron chi connectivity index (χ0n) is 11.3. The van der Waals surface area contributed by atoms with Crippen LogP contribution in [-0.2, 0) is 0 Å². The highest BCUT2D eigenvalue weighted by molar-refractivity contribution is 5.61. The first-order chi connectivity index (χ1) is 8.60. The van der Waals surface area contributed by atoms with Gasteiger partial charge in [-0.25, -0.2) is 0 Å². The predicted molar refractivity (Wildman–Crippen MR) is 73.3 cm³/mol. The van der Waals surface area contributed by atoms with E-state index in [1.165, 1.54) is 0 Å². The molecule has 1 aliphatic rings. The molecule has 18 heavy (non-hydrogen) atoms. The SMILES string of the molecule is COc1ccccc1N1C(CO)CNCC1(C)C. The molecule has 4 nitrogen and oxygen atoms in total. The van der Waals surface area contributed by atoms with Crippen LogP contribution in [0.2, 0.25) is 0 Å². The van der Waals surface area contributed by atoms with Crippen molar-refractivity contribution in [3.63, 3.8) is 0 Å². The van der Waals surface area contributed by atoms with Crippen LogP contribution in [0.3, 0.4) is 0 Å². The van der Waals surface area contributed by atoms with Crippen molar-refractivity contribution in [2.24, 2.45) is 0 Å². The van der Waals surface area contributed by atoms with Crippen LogP contribution in [0.5, 0.6) is 5.75 Å². The molecule has 0 bridgehead atoms. The Labute approximate surface area is 109 Å². The number of ether oxygens (including phenoxy) is 1. The van der Waals surface area contributed by atoms with Crippen LogP contribution >= 0.6 is 0 Å². The molecule has 1 aromatic rings. The summed E-state index contributed by atoms with van der Waals surface area (Å²) in [5.74, 6) is 0.853. The monoisotopic (exact) mass is 250 g/mol. The number of aliphatic hydroxyl groups excluding tert-OH is 1. The summed E-state index contributed by atoms with van der Waals surface area (Å²) in [4.78, 5) is 2.27. The highest BCUT2D eigenvalue weighted by Crippen LogP contribution is 2.35. The zero-order valence-corrected chi connectivity index (χ0v) is 11.3. The van der Waals surface area contributed by atoms with Gasteiger partial charge in [-0.2, -0.15) is 0 Å². The fraction of sp³-hybridized carbons (Fsp3) is 0.571. The Morgan fingerprint density at radius 3 is 2.83 bits per heavy atom. The van der Waals surface area contributed by atoms with Gasteiger partial charge in [-0.05, 0) is 26.0 Å². The van der Waals surface area contributed by atoms with E-state index in [0.29, 0.717) is 0 Å². The first-order valence-corrected chi connectivity index (χ1v) is 6.34. The largest absolute Gasteiger partial charge is 0.495 e. The van der Waals surface area contributed by atoms with Gasteiger partial charge >= 0.3 is 0 Å². The van der Waals surface area contributed by atoms with Crippen molar-refractivity contribution >= 4 is 5.69 Å². The molecule has 1 aromatic carbocycles. The van der Waals surface area contributed by atoms with E-state index < -0.39 is 0 Å². The fourth-order valence-electron chi connectivity index (χ4n) is 2.71. The smallest absolute Gasteiger partial charge is 0.142 e. The molecule has 0 aliphatic carbocycles. The Morgan fingerprint density at radius 2 is 2.17 bits per heavy atom. The van der Waals surface area contributed by atoms with Crippen molar-refractivity contribution < 1.29 is 9.84 Å². The average molecular weight is 250 g/mol. The van der Waals surface area contributed by atoms with Crippen LogP contribution in [0.25, 0.3) is 0 Å². The van der Waals surface area contributed by atoms with Gasteiger partial charge in [0.05, 0.1) is 25.4 Å². The molecule has 0 amide bonds. The molecule has 4 heteroatoms. The Kier molecular flexibility index (Phi) is 3.78. The predicted octanol–water partition coefficient (Wildman–Crippen LogP) is 1.24. The van der Waals surface area contributed by atoms with Gasteiger partial charge in [0.25, 0.3) is 0 Å². The van der Waals surface area contributed by atoms with Crippen molar-refractivity contribution in [3.05, 3.63) is 24.3 Å². The number of aliphatic hydroxyl groups is 1. The van der Waals surface area contributed by atoms with Gasteiger partial charge in [0, 0.05) is 18.6 Å². The molecule has 0 aromatic heterocycles. The number of piperazine rings is 1. The maximum absolute atomic E-state index is 9.60. The van der Waals surface area contributed by atoms with Gasteiger partial charge in [-0.3, -0.25) is 0 Å². The van der Waals surface area contributed by atoms with Crippen molar-refractivity contribution in [1.29, 1.82) is 0 Å². The molecule has 2 rings (SSSR count). The lowest BCUT2D eigenvalue weighted by atomic mass is 9.95. The summed E-state index contributed by atoms with van der Waals surface area (Å²) in [5.41, 5.74) is 0.992. The van der Waals surface area contributed by atoms with E-state index in [1.54, 1.807) is 7.11 Å². The van der Waals surface area contributed by atoms with Crippen LogP contribution in [0, 0.1) is 0 Å². The van der Waals surface area contributed by atoms with Crippen LogP contribution < -0.4 is 15.0 Å². The molecule has 0 spiro atoms. The Hall–Kier alpha value is -1.26.